The Morgan fingerprint density at radius 3 is 2.61 bits per heavy atom. The summed E-state index contributed by atoms with van der Waals surface area (Å²) in [5.74, 6) is -0.199. The summed E-state index contributed by atoms with van der Waals surface area (Å²) in [5, 5.41) is 14.3. The molecular formula is C19H20FN5OS2. The topological polar surface area (TPSA) is 70.2 Å². The highest BCUT2D eigenvalue weighted by Gasteiger charge is 2.10. The minimum atomic E-state index is -0.357. The number of rotatable bonds is 8. The number of nitrogens with zero attached hydrogens (tertiary/aromatic N) is 3. The monoisotopic (exact) mass is 417 g/mol. The summed E-state index contributed by atoms with van der Waals surface area (Å²) in [6, 6.07) is 14.4. The van der Waals surface area contributed by atoms with E-state index in [9.17, 15) is 9.18 Å². The summed E-state index contributed by atoms with van der Waals surface area (Å²) >= 11 is 2.57. The predicted octanol–water partition coefficient (Wildman–Crippen LogP) is 3.90. The molecule has 0 unspecified atom stereocenters. The van der Waals surface area contributed by atoms with Gasteiger partial charge in [-0.2, -0.15) is 0 Å². The van der Waals surface area contributed by atoms with Crippen LogP contribution in [0.15, 0.2) is 52.9 Å². The molecule has 1 aromatic heterocycles. The quantitative estimate of drug-likeness (QED) is 0.542. The van der Waals surface area contributed by atoms with Crippen molar-refractivity contribution in [3.63, 3.8) is 0 Å². The summed E-state index contributed by atoms with van der Waals surface area (Å²) in [6.45, 7) is 0.476. The van der Waals surface area contributed by atoms with Crippen molar-refractivity contribution in [1.29, 1.82) is 0 Å². The number of hydrogen-bond donors (Lipinski definition) is 2. The highest BCUT2D eigenvalue weighted by atomic mass is 32.2. The first kappa shape index (κ1) is 20.1. The van der Waals surface area contributed by atoms with E-state index in [1.807, 2.05) is 43.3 Å². The van der Waals surface area contributed by atoms with Crippen LogP contribution in [-0.4, -0.2) is 36.0 Å². The predicted molar refractivity (Wildman–Crippen MR) is 113 cm³/mol. The van der Waals surface area contributed by atoms with Crippen molar-refractivity contribution < 1.29 is 9.18 Å². The van der Waals surface area contributed by atoms with Crippen molar-refractivity contribution in [3.05, 3.63) is 59.9 Å². The van der Waals surface area contributed by atoms with Gasteiger partial charge in [0.1, 0.15) is 5.82 Å². The number of amides is 1. The number of carbonyl (C=O) groups excluding carboxylic acids is 1. The van der Waals surface area contributed by atoms with Crippen molar-refractivity contribution in [1.82, 2.24) is 15.5 Å². The smallest absolute Gasteiger partial charge is 0.230 e. The highest BCUT2D eigenvalue weighted by molar-refractivity contribution is 8.01. The maximum atomic E-state index is 13.7. The summed E-state index contributed by atoms with van der Waals surface area (Å²) in [5.41, 5.74) is 2.49. The first-order chi connectivity index (χ1) is 13.5. The lowest BCUT2D eigenvalue weighted by Gasteiger charge is -2.12. The minimum absolute atomic E-state index is 0.0829. The average molecular weight is 418 g/mol. The van der Waals surface area contributed by atoms with Gasteiger partial charge in [0.15, 0.2) is 4.34 Å². The molecule has 0 saturated heterocycles. The van der Waals surface area contributed by atoms with Gasteiger partial charge in [0, 0.05) is 26.3 Å². The molecule has 0 aliphatic rings. The van der Waals surface area contributed by atoms with Gasteiger partial charge in [0.2, 0.25) is 11.0 Å². The zero-order valence-electron chi connectivity index (χ0n) is 15.5. The third kappa shape index (κ3) is 5.67. The van der Waals surface area contributed by atoms with Gasteiger partial charge in [-0.25, -0.2) is 4.39 Å². The summed E-state index contributed by atoms with van der Waals surface area (Å²) < 4.78 is 14.3. The number of nitrogens with one attached hydrogen (secondary N) is 2. The summed E-state index contributed by atoms with van der Waals surface area (Å²) in [6.07, 6.45) is 0. The Balaban J connectivity index is 1.44. The first-order valence-electron chi connectivity index (χ1n) is 8.52. The lowest BCUT2D eigenvalue weighted by Crippen LogP contribution is -2.24. The zero-order valence-corrected chi connectivity index (χ0v) is 17.1. The van der Waals surface area contributed by atoms with Crippen LogP contribution >= 0.6 is 23.1 Å². The molecule has 6 nitrogen and oxygen atoms in total. The second-order valence-electron chi connectivity index (χ2n) is 6.10. The molecule has 1 amide bonds. The molecule has 9 heteroatoms. The van der Waals surface area contributed by atoms with Crippen LogP contribution in [0.1, 0.15) is 5.56 Å². The molecule has 0 saturated carbocycles. The van der Waals surface area contributed by atoms with E-state index in [1.54, 1.807) is 18.2 Å². The van der Waals surface area contributed by atoms with E-state index >= 15 is 0 Å². The number of aromatic nitrogens is 2. The van der Waals surface area contributed by atoms with Gasteiger partial charge in [0.25, 0.3) is 0 Å². The maximum absolute atomic E-state index is 13.7. The fourth-order valence-electron chi connectivity index (χ4n) is 2.29. The van der Waals surface area contributed by atoms with Gasteiger partial charge in [0.05, 0.1) is 11.4 Å². The van der Waals surface area contributed by atoms with Gasteiger partial charge in [-0.3, -0.25) is 4.79 Å². The molecule has 0 spiro atoms. The van der Waals surface area contributed by atoms with Crippen LogP contribution in [-0.2, 0) is 11.3 Å². The standard InChI is InChI=1S/C19H20FN5OS2/c1-25(2)14-9-7-13(8-10-14)11-21-17(26)12-27-19-24-23-18(28-19)22-16-6-4-3-5-15(16)20/h3-10H,11-12H2,1-2H3,(H,21,26)(H,22,23). The number of benzene rings is 2. The Hall–Kier alpha value is -2.65. The molecule has 28 heavy (non-hydrogen) atoms. The summed E-state index contributed by atoms with van der Waals surface area (Å²) in [4.78, 5) is 14.1. The Morgan fingerprint density at radius 1 is 1.14 bits per heavy atom. The van der Waals surface area contributed by atoms with E-state index in [4.69, 9.17) is 0 Å². The van der Waals surface area contributed by atoms with E-state index in [0.29, 0.717) is 21.7 Å². The van der Waals surface area contributed by atoms with Crippen molar-refractivity contribution in [2.24, 2.45) is 0 Å². The molecule has 2 aromatic carbocycles. The number of carbonyl (C=O) groups is 1. The average Bonchev–Trinajstić information content (AvgIpc) is 3.14. The van der Waals surface area contributed by atoms with Crippen LogP contribution in [0, 0.1) is 5.82 Å². The molecule has 3 rings (SSSR count). The largest absolute Gasteiger partial charge is 0.378 e. The van der Waals surface area contributed by atoms with Crippen LogP contribution in [0.4, 0.5) is 20.9 Å². The molecule has 0 fully saturated rings. The Morgan fingerprint density at radius 2 is 1.89 bits per heavy atom. The highest BCUT2D eigenvalue weighted by Crippen LogP contribution is 2.28. The van der Waals surface area contributed by atoms with E-state index in [-0.39, 0.29) is 17.5 Å². The van der Waals surface area contributed by atoms with Crippen molar-refractivity contribution in [3.8, 4) is 0 Å². The van der Waals surface area contributed by atoms with Crippen molar-refractivity contribution in [2.45, 2.75) is 10.9 Å². The number of thioether (sulfide) groups is 1. The molecule has 0 atom stereocenters. The number of hydrogen-bond acceptors (Lipinski definition) is 7. The number of halogens is 1. The third-order valence-corrected chi connectivity index (χ3v) is 5.76. The van der Waals surface area contributed by atoms with Gasteiger partial charge >= 0.3 is 0 Å². The van der Waals surface area contributed by atoms with E-state index in [1.165, 1.54) is 29.2 Å². The second kappa shape index (κ2) is 9.52. The molecule has 0 radical (unpaired) electrons. The molecule has 3 aromatic rings. The zero-order chi connectivity index (χ0) is 19.9. The molecule has 0 aliphatic carbocycles. The summed E-state index contributed by atoms with van der Waals surface area (Å²) in [7, 11) is 3.97. The maximum Gasteiger partial charge on any atom is 0.230 e. The fourth-order valence-corrected chi connectivity index (χ4v) is 3.88. The van der Waals surface area contributed by atoms with Crippen LogP contribution < -0.4 is 15.5 Å². The number of anilines is 3. The fraction of sp³-hybridized carbons (Fsp3) is 0.211. The van der Waals surface area contributed by atoms with Crippen molar-refractivity contribution in [2.75, 3.05) is 30.1 Å². The molecule has 146 valence electrons. The van der Waals surface area contributed by atoms with Gasteiger partial charge < -0.3 is 15.5 Å². The number of para-hydroxylation sites is 1. The molecular weight excluding hydrogens is 397 g/mol. The van der Waals surface area contributed by atoms with Gasteiger partial charge in [-0.1, -0.05) is 47.4 Å². The lowest BCUT2D eigenvalue weighted by atomic mass is 10.2. The molecule has 2 N–H and O–H groups in total. The van der Waals surface area contributed by atoms with E-state index in [0.717, 1.165) is 11.3 Å². The van der Waals surface area contributed by atoms with E-state index in [2.05, 4.69) is 20.8 Å². The lowest BCUT2D eigenvalue weighted by molar-refractivity contribution is -0.118. The van der Waals surface area contributed by atoms with Gasteiger partial charge in [-0.05, 0) is 29.8 Å². The van der Waals surface area contributed by atoms with Crippen LogP contribution in [0.25, 0.3) is 0 Å². The van der Waals surface area contributed by atoms with Crippen LogP contribution in [0.3, 0.4) is 0 Å². The molecule has 1 heterocycles. The normalized spacial score (nSPS) is 10.5. The minimum Gasteiger partial charge on any atom is -0.378 e. The SMILES string of the molecule is CN(C)c1ccc(CNC(=O)CSc2nnc(Nc3ccccc3F)s2)cc1. The van der Waals surface area contributed by atoms with E-state index < -0.39 is 0 Å². The Bertz CT molecular complexity index is 930. The van der Waals surface area contributed by atoms with Crippen molar-refractivity contribution >= 4 is 45.5 Å². The first-order valence-corrected chi connectivity index (χ1v) is 10.3. The van der Waals surface area contributed by atoms with Crippen LogP contribution in [0.5, 0.6) is 0 Å². The second-order valence-corrected chi connectivity index (χ2v) is 8.30. The van der Waals surface area contributed by atoms with Gasteiger partial charge in [-0.15, -0.1) is 10.2 Å². The third-order valence-electron chi connectivity index (χ3n) is 3.79. The molecule has 0 aliphatic heterocycles. The van der Waals surface area contributed by atoms with Crippen LogP contribution in [0.2, 0.25) is 0 Å². The Kier molecular flexibility index (Phi) is 6.83. The Labute approximate surface area is 171 Å². The molecule has 0 bridgehead atoms.